The molecular weight excluding hydrogens is 212 g/mol. The lowest BCUT2D eigenvalue weighted by molar-refractivity contribution is 0.187. The standard InChI is InChI=1S/C14H16N2O/c1-2-4-13-12(3-1)14(5-7-15-13)16-9-11-6-8-17-10-11/h1-5,7,11H,6,8-10H2,(H,15,16). The summed E-state index contributed by atoms with van der Waals surface area (Å²) in [4.78, 5) is 4.36. The van der Waals surface area contributed by atoms with Gasteiger partial charge >= 0.3 is 0 Å². The maximum Gasteiger partial charge on any atom is 0.0722 e. The van der Waals surface area contributed by atoms with Crippen molar-refractivity contribution in [3.63, 3.8) is 0 Å². The molecule has 0 radical (unpaired) electrons. The van der Waals surface area contributed by atoms with Crippen molar-refractivity contribution in [2.75, 3.05) is 25.1 Å². The minimum Gasteiger partial charge on any atom is -0.384 e. The highest BCUT2D eigenvalue weighted by atomic mass is 16.5. The van der Waals surface area contributed by atoms with Crippen LogP contribution in [0.3, 0.4) is 0 Å². The van der Waals surface area contributed by atoms with Crippen molar-refractivity contribution < 1.29 is 4.74 Å². The molecule has 3 nitrogen and oxygen atoms in total. The Morgan fingerprint density at radius 1 is 1.29 bits per heavy atom. The van der Waals surface area contributed by atoms with Crippen molar-refractivity contribution in [1.82, 2.24) is 4.98 Å². The summed E-state index contributed by atoms with van der Waals surface area (Å²) < 4.78 is 5.38. The molecule has 1 aromatic carbocycles. The normalized spacial score (nSPS) is 19.6. The number of pyridine rings is 1. The number of nitrogens with zero attached hydrogens (tertiary/aromatic N) is 1. The van der Waals surface area contributed by atoms with E-state index in [1.807, 2.05) is 30.5 Å². The first-order valence-electron chi connectivity index (χ1n) is 6.09. The quantitative estimate of drug-likeness (QED) is 0.877. The fraction of sp³-hybridized carbons (Fsp3) is 0.357. The molecule has 2 heterocycles. The van der Waals surface area contributed by atoms with E-state index in [9.17, 15) is 0 Å². The first-order valence-corrected chi connectivity index (χ1v) is 6.09. The second-order valence-corrected chi connectivity index (χ2v) is 4.49. The number of fused-ring (bicyclic) bond motifs is 1. The number of aromatic nitrogens is 1. The third-order valence-corrected chi connectivity index (χ3v) is 3.25. The summed E-state index contributed by atoms with van der Waals surface area (Å²) in [6.07, 6.45) is 3.02. The first-order chi connectivity index (χ1) is 8.43. The number of hydrogen-bond donors (Lipinski definition) is 1. The lowest BCUT2D eigenvalue weighted by Crippen LogP contribution is -2.14. The molecule has 88 valence electrons. The van der Waals surface area contributed by atoms with E-state index in [0.29, 0.717) is 5.92 Å². The van der Waals surface area contributed by atoms with Gasteiger partial charge in [0, 0.05) is 36.3 Å². The second-order valence-electron chi connectivity index (χ2n) is 4.49. The second kappa shape index (κ2) is 4.72. The van der Waals surface area contributed by atoms with Gasteiger partial charge in [0.15, 0.2) is 0 Å². The van der Waals surface area contributed by atoms with E-state index in [4.69, 9.17) is 4.74 Å². The molecule has 1 fully saturated rings. The first kappa shape index (κ1) is 10.5. The topological polar surface area (TPSA) is 34.1 Å². The molecule has 2 aromatic rings. The van der Waals surface area contributed by atoms with E-state index in [1.165, 1.54) is 11.1 Å². The van der Waals surface area contributed by atoms with Crippen LogP contribution in [0.5, 0.6) is 0 Å². The van der Waals surface area contributed by atoms with Crippen LogP contribution in [0, 0.1) is 5.92 Å². The summed E-state index contributed by atoms with van der Waals surface area (Å²) in [5.74, 6) is 0.641. The predicted molar refractivity (Wildman–Crippen MR) is 69.2 cm³/mol. The fourth-order valence-electron chi connectivity index (χ4n) is 2.25. The molecule has 1 N–H and O–H groups in total. The number of anilines is 1. The van der Waals surface area contributed by atoms with Gasteiger partial charge in [0.05, 0.1) is 12.1 Å². The van der Waals surface area contributed by atoms with Gasteiger partial charge in [-0.2, -0.15) is 0 Å². The molecule has 3 heteroatoms. The molecule has 1 aliphatic heterocycles. The maximum atomic E-state index is 5.38. The highest BCUT2D eigenvalue weighted by molar-refractivity contribution is 5.90. The average Bonchev–Trinajstić information content (AvgIpc) is 2.89. The average molecular weight is 228 g/mol. The number of ether oxygens (including phenoxy) is 1. The van der Waals surface area contributed by atoms with Crippen LogP contribution in [0.15, 0.2) is 36.5 Å². The highest BCUT2D eigenvalue weighted by Crippen LogP contribution is 2.22. The van der Waals surface area contributed by atoms with Crippen molar-refractivity contribution >= 4 is 16.6 Å². The minimum absolute atomic E-state index is 0.641. The lowest BCUT2D eigenvalue weighted by atomic mass is 10.1. The van der Waals surface area contributed by atoms with Crippen molar-refractivity contribution in [3.8, 4) is 0 Å². The molecule has 1 atom stereocenters. The summed E-state index contributed by atoms with van der Waals surface area (Å²) in [6.45, 7) is 2.77. The van der Waals surface area contributed by atoms with E-state index >= 15 is 0 Å². The molecule has 0 bridgehead atoms. The van der Waals surface area contributed by atoms with Gasteiger partial charge in [0.1, 0.15) is 0 Å². The zero-order valence-electron chi connectivity index (χ0n) is 9.73. The number of para-hydroxylation sites is 1. The zero-order chi connectivity index (χ0) is 11.5. The zero-order valence-corrected chi connectivity index (χ0v) is 9.73. The van der Waals surface area contributed by atoms with Crippen molar-refractivity contribution in [3.05, 3.63) is 36.5 Å². The smallest absolute Gasteiger partial charge is 0.0722 e. The third-order valence-electron chi connectivity index (χ3n) is 3.25. The van der Waals surface area contributed by atoms with Crippen molar-refractivity contribution in [2.24, 2.45) is 5.92 Å². The molecule has 1 saturated heterocycles. The highest BCUT2D eigenvalue weighted by Gasteiger charge is 2.15. The van der Waals surface area contributed by atoms with Crippen LogP contribution in [0.4, 0.5) is 5.69 Å². The Morgan fingerprint density at radius 3 is 3.12 bits per heavy atom. The largest absolute Gasteiger partial charge is 0.384 e. The number of rotatable bonds is 3. The summed E-state index contributed by atoms with van der Waals surface area (Å²) in [6, 6.07) is 10.3. The van der Waals surface area contributed by atoms with Crippen LogP contribution in [-0.4, -0.2) is 24.7 Å². The van der Waals surface area contributed by atoms with Gasteiger partial charge in [-0.15, -0.1) is 0 Å². The van der Waals surface area contributed by atoms with Crippen LogP contribution in [-0.2, 0) is 4.74 Å². The lowest BCUT2D eigenvalue weighted by Gasteiger charge is -2.12. The van der Waals surface area contributed by atoms with E-state index in [1.54, 1.807) is 0 Å². The van der Waals surface area contributed by atoms with E-state index in [0.717, 1.165) is 31.7 Å². The van der Waals surface area contributed by atoms with Gasteiger partial charge in [0.2, 0.25) is 0 Å². The molecule has 0 aliphatic carbocycles. The molecule has 3 rings (SSSR count). The number of hydrogen-bond acceptors (Lipinski definition) is 3. The van der Waals surface area contributed by atoms with E-state index in [2.05, 4.69) is 16.4 Å². The van der Waals surface area contributed by atoms with Gasteiger partial charge in [-0.25, -0.2) is 0 Å². The Morgan fingerprint density at radius 2 is 2.24 bits per heavy atom. The fourth-order valence-corrected chi connectivity index (χ4v) is 2.25. The van der Waals surface area contributed by atoms with Gasteiger partial charge in [0.25, 0.3) is 0 Å². The van der Waals surface area contributed by atoms with Crippen molar-refractivity contribution in [2.45, 2.75) is 6.42 Å². The SMILES string of the molecule is c1ccc2c(NCC3CCOC3)ccnc2c1. The molecule has 0 saturated carbocycles. The minimum atomic E-state index is 0.641. The predicted octanol–water partition coefficient (Wildman–Crippen LogP) is 2.68. The molecule has 1 aliphatic rings. The van der Waals surface area contributed by atoms with Gasteiger partial charge in [-0.05, 0) is 18.6 Å². The molecule has 0 amide bonds. The van der Waals surface area contributed by atoms with Crippen LogP contribution in [0.25, 0.3) is 10.9 Å². The Kier molecular flexibility index (Phi) is 2.92. The van der Waals surface area contributed by atoms with Crippen molar-refractivity contribution in [1.29, 1.82) is 0 Å². The van der Waals surface area contributed by atoms with E-state index < -0.39 is 0 Å². The summed E-state index contributed by atoms with van der Waals surface area (Å²) in [5, 5.41) is 4.70. The van der Waals surface area contributed by atoms with Crippen LogP contribution >= 0.6 is 0 Å². The summed E-state index contributed by atoms with van der Waals surface area (Å²) in [5.41, 5.74) is 2.21. The molecule has 1 aromatic heterocycles. The summed E-state index contributed by atoms with van der Waals surface area (Å²) >= 11 is 0. The number of nitrogens with one attached hydrogen (secondary N) is 1. The monoisotopic (exact) mass is 228 g/mol. The Bertz CT molecular complexity index is 501. The molecule has 1 unspecified atom stereocenters. The third kappa shape index (κ3) is 2.24. The van der Waals surface area contributed by atoms with Crippen LogP contribution < -0.4 is 5.32 Å². The van der Waals surface area contributed by atoms with E-state index in [-0.39, 0.29) is 0 Å². The Hall–Kier alpha value is -1.61. The van der Waals surface area contributed by atoms with Gasteiger partial charge < -0.3 is 10.1 Å². The Balaban J connectivity index is 1.79. The van der Waals surface area contributed by atoms with Crippen LogP contribution in [0.2, 0.25) is 0 Å². The van der Waals surface area contributed by atoms with Crippen LogP contribution in [0.1, 0.15) is 6.42 Å². The van der Waals surface area contributed by atoms with Gasteiger partial charge in [-0.3, -0.25) is 4.98 Å². The number of benzene rings is 1. The molecule has 0 spiro atoms. The summed E-state index contributed by atoms with van der Waals surface area (Å²) in [7, 11) is 0. The van der Waals surface area contributed by atoms with Gasteiger partial charge in [-0.1, -0.05) is 18.2 Å². The molecule has 17 heavy (non-hydrogen) atoms. The molecular formula is C14H16N2O. The maximum absolute atomic E-state index is 5.38. The Labute approximate surface area is 101 Å².